The van der Waals surface area contributed by atoms with Crippen LogP contribution in [0.4, 0.5) is 37.7 Å². The summed E-state index contributed by atoms with van der Waals surface area (Å²) in [6.07, 6.45) is -11.8. The number of rotatable bonds is 4. The molecule has 2 rings (SSSR count). The molecule has 2 aromatic carbocycles. The summed E-state index contributed by atoms with van der Waals surface area (Å²) in [6.45, 7) is 2.17. The van der Waals surface area contributed by atoms with Crippen molar-refractivity contribution >= 4 is 78.3 Å². The lowest BCUT2D eigenvalue weighted by Crippen LogP contribution is -2.54. The van der Waals surface area contributed by atoms with Crippen LogP contribution >= 0.6 is 55.1 Å². The smallest absolute Gasteiger partial charge is 0.324 e. The molecule has 0 aliphatic heterocycles. The van der Waals surface area contributed by atoms with E-state index in [1.807, 2.05) is 0 Å². The van der Waals surface area contributed by atoms with Crippen LogP contribution in [0, 0.1) is 0 Å². The van der Waals surface area contributed by atoms with Crippen LogP contribution in [0.15, 0.2) is 33.2 Å². The van der Waals surface area contributed by atoms with Crippen molar-refractivity contribution in [2.75, 3.05) is 10.6 Å². The van der Waals surface area contributed by atoms with Gasteiger partial charge in [-0.25, -0.2) is 0 Å². The highest BCUT2D eigenvalue weighted by Crippen LogP contribution is 2.58. The van der Waals surface area contributed by atoms with Crippen LogP contribution in [0.5, 0.6) is 0 Å². The maximum atomic E-state index is 14.4. The summed E-state index contributed by atoms with van der Waals surface area (Å²) in [6, 6.07) is 2.09. The summed E-state index contributed by atoms with van der Waals surface area (Å²) in [5, 5.41) is 3.34. The highest BCUT2D eigenvalue weighted by Gasteiger charge is 2.72. The minimum absolute atomic E-state index is 0.202. The maximum absolute atomic E-state index is 14.4. The monoisotopic (exact) mass is 642 g/mol. The van der Waals surface area contributed by atoms with E-state index in [1.54, 1.807) is 0 Å². The summed E-state index contributed by atoms with van der Waals surface area (Å²) in [5.74, 6) is -1.29. The van der Waals surface area contributed by atoms with E-state index in [0.717, 1.165) is 13.8 Å². The van der Waals surface area contributed by atoms with E-state index < -0.39 is 50.8 Å². The zero-order valence-corrected chi connectivity index (χ0v) is 21.1. The van der Waals surface area contributed by atoms with E-state index in [0.29, 0.717) is 24.3 Å². The predicted octanol–water partition coefficient (Wildman–Crippen LogP) is 7.85. The average molecular weight is 645 g/mol. The molecule has 0 atom stereocenters. The molecule has 0 radical (unpaired) electrons. The summed E-state index contributed by atoms with van der Waals surface area (Å²) >= 11 is 17.7. The summed E-state index contributed by atoms with van der Waals surface area (Å²) in [5.41, 5.74) is -7.52. The Morgan fingerprint density at radius 3 is 1.24 bits per heavy atom. The van der Waals surface area contributed by atoms with Crippen LogP contribution in [-0.4, -0.2) is 24.2 Å². The van der Waals surface area contributed by atoms with Crippen molar-refractivity contribution in [3.63, 3.8) is 0 Å². The van der Waals surface area contributed by atoms with Crippen LogP contribution in [0.2, 0.25) is 10.0 Å². The Kier molecular flexibility index (Phi) is 8.10. The third-order valence-electron chi connectivity index (χ3n) is 4.40. The number of hydrogen-bond acceptors (Lipinski definition) is 2. The molecule has 180 valence electrons. The first-order valence-corrected chi connectivity index (χ1v) is 10.9. The first-order valence-electron chi connectivity index (χ1n) is 8.61. The van der Waals surface area contributed by atoms with Gasteiger partial charge < -0.3 is 10.6 Å². The van der Waals surface area contributed by atoms with Crippen LogP contribution < -0.4 is 10.6 Å². The second kappa shape index (κ2) is 9.63. The van der Waals surface area contributed by atoms with Gasteiger partial charge in [-0.3, -0.25) is 9.59 Å². The Morgan fingerprint density at radius 1 is 0.727 bits per heavy atom. The first kappa shape index (κ1) is 27.7. The quantitative estimate of drug-likeness (QED) is 0.333. The Labute approximate surface area is 210 Å². The van der Waals surface area contributed by atoms with E-state index in [-0.39, 0.29) is 20.3 Å². The lowest BCUT2D eigenvalue weighted by molar-refractivity contribution is -0.288. The Morgan fingerprint density at radius 2 is 1.03 bits per heavy atom. The fraction of sp³-hybridized carbons (Fsp3) is 0.263. The zero-order valence-electron chi connectivity index (χ0n) is 16.4. The summed E-state index contributed by atoms with van der Waals surface area (Å²) in [4.78, 5) is 22.6. The molecule has 0 saturated carbocycles. The standard InChI is InChI=1S/C19H12Br2Cl2F6N2O2/c1-7(32)30-15-11(20)3-9(5-13(15)22)17(18(24,25)26,19(27,28)29)10-4-12(21)16(14(23)6-10)31-8(2)33/h3-6H,1-2H3,(H,30,32)(H,31,33). The third kappa shape index (κ3) is 5.28. The minimum Gasteiger partial charge on any atom is -0.324 e. The van der Waals surface area contributed by atoms with Gasteiger partial charge in [-0.2, -0.15) is 26.3 Å². The number of benzene rings is 2. The van der Waals surface area contributed by atoms with Gasteiger partial charge in [0, 0.05) is 22.8 Å². The van der Waals surface area contributed by atoms with E-state index in [9.17, 15) is 35.9 Å². The van der Waals surface area contributed by atoms with Crippen molar-refractivity contribution in [3.8, 4) is 0 Å². The number of amides is 2. The number of hydrogen-bond donors (Lipinski definition) is 2. The van der Waals surface area contributed by atoms with E-state index >= 15 is 0 Å². The number of carbonyl (C=O) groups excluding carboxylic acids is 2. The number of alkyl halides is 6. The van der Waals surface area contributed by atoms with Gasteiger partial charge in [0.1, 0.15) is 0 Å². The number of carbonyl (C=O) groups is 2. The molecule has 2 N–H and O–H groups in total. The molecule has 2 aromatic rings. The molecule has 4 nitrogen and oxygen atoms in total. The molecule has 0 unspecified atom stereocenters. The summed E-state index contributed by atoms with van der Waals surface area (Å²) in [7, 11) is 0. The van der Waals surface area contributed by atoms with Gasteiger partial charge in [0.25, 0.3) is 0 Å². The Balaban J connectivity index is 2.98. The number of nitrogens with one attached hydrogen (secondary N) is 2. The van der Waals surface area contributed by atoms with Crippen molar-refractivity contribution in [1.29, 1.82) is 0 Å². The van der Waals surface area contributed by atoms with Crippen LogP contribution in [0.25, 0.3) is 0 Å². The molecular formula is C19H12Br2Cl2F6N2O2. The molecule has 0 aliphatic carbocycles. The topological polar surface area (TPSA) is 58.2 Å². The van der Waals surface area contributed by atoms with Gasteiger partial charge in [-0.15, -0.1) is 0 Å². The average Bonchev–Trinajstić information content (AvgIpc) is 2.59. The largest absolute Gasteiger partial charge is 0.411 e. The van der Waals surface area contributed by atoms with Gasteiger partial charge in [0.05, 0.1) is 21.4 Å². The van der Waals surface area contributed by atoms with Crippen molar-refractivity contribution < 1.29 is 35.9 Å². The van der Waals surface area contributed by atoms with E-state index in [4.69, 9.17) is 23.2 Å². The number of halogens is 10. The fourth-order valence-electron chi connectivity index (χ4n) is 3.15. The Hall–Kier alpha value is -1.50. The molecule has 2 amide bonds. The highest BCUT2D eigenvalue weighted by atomic mass is 79.9. The van der Waals surface area contributed by atoms with Crippen LogP contribution in [0.3, 0.4) is 0 Å². The van der Waals surface area contributed by atoms with Crippen LogP contribution in [-0.2, 0) is 15.0 Å². The molecule has 0 saturated heterocycles. The molecular weight excluding hydrogens is 633 g/mol. The molecule has 0 heterocycles. The molecule has 0 aliphatic rings. The van der Waals surface area contributed by atoms with Crippen molar-refractivity contribution in [2.45, 2.75) is 31.6 Å². The maximum Gasteiger partial charge on any atom is 0.411 e. The van der Waals surface area contributed by atoms with Crippen LogP contribution in [0.1, 0.15) is 25.0 Å². The summed E-state index contributed by atoms with van der Waals surface area (Å²) < 4.78 is 85.9. The number of anilines is 2. The van der Waals surface area contributed by atoms with Gasteiger partial charge >= 0.3 is 12.4 Å². The molecule has 14 heteroatoms. The first-order chi connectivity index (χ1) is 14.9. The minimum atomic E-state index is -5.91. The van der Waals surface area contributed by atoms with E-state index in [2.05, 4.69) is 42.5 Å². The highest BCUT2D eigenvalue weighted by molar-refractivity contribution is 9.11. The molecule has 0 fully saturated rings. The zero-order chi connectivity index (χ0) is 25.5. The van der Waals surface area contributed by atoms with Gasteiger partial charge in [0.2, 0.25) is 17.2 Å². The fourth-order valence-corrected chi connectivity index (χ4v) is 5.03. The molecule has 0 aromatic heterocycles. The molecule has 0 spiro atoms. The van der Waals surface area contributed by atoms with Crippen molar-refractivity contribution in [1.82, 2.24) is 0 Å². The van der Waals surface area contributed by atoms with Gasteiger partial charge in [-0.1, -0.05) is 23.2 Å². The predicted molar refractivity (Wildman–Crippen MR) is 120 cm³/mol. The molecule has 0 bridgehead atoms. The molecule has 33 heavy (non-hydrogen) atoms. The van der Waals surface area contributed by atoms with Crippen molar-refractivity contribution in [2.24, 2.45) is 0 Å². The normalized spacial score (nSPS) is 12.5. The second-order valence-electron chi connectivity index (χ2n) is 6.74. The van der Waals surface area contributed by atoms with Crippen molar-refractivity contribution in [3.05, 3.63) is 54.4 Å². The van der Waals surface area contributed by atoms with Gasteiger partial charge in [0.15, 0.2) is 0 Å². The SMILES string of the molecule is CC(=O)Nc1c(Cl)cc(C(c2cc(Cl)c(NC(C)=O)c(Br)c2)(C(F)(F)F)C(F)(F)F)cc1Br. The van der Waals surface area contributed by atoms with Gasteiger partial charge in [-0.05, 0) is 67.3 Å². The Bertz CT molecular complexity index is 989. The lowest BCUT2D eigenvalue weighted by Gasteiger charge is -2.39. The lowest BCUT2D eigenvalue weighted by atomic mass is 9.72. The third-order valence-corrected chi connectivity index (χ3v) is 6.25. The van der Waals surface area contributed by atoms with E-state index in [1.165, 1.54) is 0 Å². The second-order valence-corrected chi connectivity index (χ2v) is 9.26.